The molecular weight excluding hydrogens is 348 g/mol. The zero-order valence-electron chi connectivity index (χ0n) is 15.0. The van der Waals surface area contributed by atoms with E-state index in [1.807, 2.05) is 0 Å². The van der Waals surface area contributed by atoms with Gasteiger partial charge in [0.2, 0.25) is 0 Å². The normalized spacial score (nSPS) is 11.0. The standard InChI is InChI=1S/C21H20O6/c1-14-11-15(4-8-18(14)23)6-10-21(25)27-13-17(22)7-3-16-5-9-19(24)20(12-16)26-2/h3-12,23-24H,13H2,1-2H3/b7-3+,10-6+. The van der Waals surface area contributed by atoms with Crippen LogP contribution in [0.5, 0.6) is 17.2 Å². The van der Waals surface area contributed by atoms with Gasteiger partial charge in [-0.15, -0.1) is 0 Å². The van der Waals surface area contributed by atoms with Crippen molar-refractivity contribution < 1.29 is 29.3 Å². The molecule has 0 radical (unpaired) electrons. The highest BCUT2D eigenvalue weighted by atomic mass is 16.5. The van der Waals surface area contributed by atoms with E-state index >= 15 is 0 Å². The van der Waals surface area contributed by atoms with Crippen LogP contribution in [0, 0.1) is 6.92 Å². The molecule has 0 aliphatic heterocycles. The molecule has 2 aromatic carbocycles. The Morgan fingerprint density at radius 1 is 0.963 bits per heavy atom. The first-order valence-electron chi connectivity index (χ1n) is 8.11. The number of aryl methyl sites for hydroxylation is 1. The highest BCUT2D eigenvalue weighted by Gasteiger charge is 2.04. The van der Waals surface area contributed by atoms with E-state index < -0.39 is 5.97 Å². The molecule has 0 amide bonds. The summed E-state index contributed by atoms with van der Waals surface area (Å²) in [6.07, 6.45) is 5.57. The Morgan fingerprint density at radius 2 is 1.59 bits per heavy atom. The molecule has 2 N–H and O–H groups in total. The number of hydrogen-bond acceptors (Lipinski definition) is 6. The van der Waals surface area contributed by atoms with Crippen LogP contribution >= 0.6 is 0 Å². The fourth-order valence-electron chi connectivity index (χ4n) is 2.17. The van der Waals surface area contributed by atoms with Gasteiger partial charge in [-0.2, -0.15) is 0 Å². The lowest BCUT2D eigenvalue weighted by Crippen LogP contribution is -2.09. The van der Waals surface area contributed by atoms with Crippen molar-refractivity contribution in [2.75, 3.05) is 13.7 Å². The van der Waals surface area contributed by atoms with Crippen LogP contribution in [-0.4, -0.2) is 35.7 Å². The van der Waals surface area contributed by atoms with Gasteiger partial charge in [0, 0.05) is 6.08 Å². The third-order valence-electron chi connectivity index (χ3n) is 3.65. The number of phenolic OH excluding ortho intramolecular Hbond substituents is 2. The molecule has 0 bridgehead atoms. The van der Waals surface area contributed by atoms with Gasteiger partial charge in [0.15, 0.2) is 23.9 Å². The second kappa shape index (κ2) is 9.24. The van der Waals surface area contributed by atoms with E-state index in [0.717, 1.165) is 5.56 Å². The number of hydrogen-bond donors (Lipinski definition) is 2. The molecular formula is C21H20O6. The van der Waals surface area contributed by atoms with Gasteiger partial charge in [-0.1, -0.05) is 18.2 Å². The maximum Gasteiger partial charge on any atom is 0.331 e. The van der Waals surface area contributed by atoms with Crippen molar-refractivity contribution in [2.45, 2.75) is 6.92 Å². The van der Waals surface area contributed by atoms with E-state index in [4.69, 9.17) is 9.47 Å². The maximum atomic E-state index is 11.8. The maximum absolute atomic E-state index is 11.8. The van der Waals surface area contributed by atoms with Gasteiger partial charge < -0.3 is 19.7 Å². The van der Waals surface area contributed by atoms with Gasteiger partial charge in [0.25, 0.3) is 0 Å². The summed E-state index contributed by atoms with van der Waals surface area (Å²) in [4.78, 5) is 23.5. The number of benzene rings is 2. The summed E-state index contributed by atoms with van der Waals surface area (Å²) >= 11 is 0. The van der Waals surface area contributed by atoms with Crippen molar-refractivity contribution >= 4 is 23.9 Å². The summed E-state index contributed by atoms with van der Waals surface area (Å²) in [5.41, 5.74) is 2.08. The Hall–Kier alpha value is -3.54. The molecule has 6 heteroatoms. The second-order valence-electron chi connectivity index (χ2n) is 5.72. The molecule has 0 aliphatic rings. The van der Waals surface area contributed by atoms with E-state index in [1.165, 1.54) is 43.5 Å². The minimum Gasteiger partial charge on any atom is -0.508 e. The van der Waals surface area contributed by atoms with Gasteiger partial charge in [-0.05, 0) is 60.0 Å². The van der Waals surface area contributed by atoms with E-state index in [0.29, 0.717) is 16.9 Å². The topological polar surface area (TPSA) is 93.1 Å². The fourth-order valence-corrected chi connectivity index (χ4v) is 2.17. The average molecular weight is 368 g/mol. The number of phenols is 2. The van der Waals surface area contributed by atoms with Crippen LogP contribution in [0.15, 0.2) is 48.6 Å². The summed E-state index contributed by atoms with van der Waals surface area (Å²) in [7, 11) is 1.43. The SMILES string of the molecule is COc1cc(/C=C/C(=O)COC(=O)/C=C/c2ccc(O)c(C)c2)ccc1O. The molecule has 0 saturated carbocycles. The van der Waals surface area contributed by atoms with Gasteiger partial charge in [0.1, 0.15) is 5.75 Å². The summed E-state index contributed by atoms with van der Waals surface area (Å²) in [6, 6.07) is 9.57. The molecule has 140 valence electrons. The number of aromatic hydroxyl groups is 2. The lowest BCUT2D eigenvalue weighted by molar-refractivity contribution is -0.141. The predicted molar refractivity (Wildman–Crippen MR) is 102 cm³/mol. The van der Waals surface area contributed by atoms with Gasteiger partial charge in [0.05, 0.1) is 7.11 Å². The number of carbonyl (C=O) groups excluding carboxylic acids is 2. The zero-order chi connectivity index (χ0) is 19.8. The summed E-state index contributed by atoms with van der Waals surface area (Å²) in [5, 5.41) is 19.0. The van der Waals surface area contributed by atoms with Crippen molar-refractivity contribution in [3.8, 4) is 17.2 Å². The molecule has 0 aliphatic carbocycles. The highest BCUT2D eigenvalue weighted by molar-refractivity contribution is 5.96. The van der Waals surface area contributed by atoms with Gasteiger partial charge in [-0.25, -0.2) is 4.79 Å². The molecule has 6 nitrogen and oxygen atoms in total. The molecule has 2 aromatic rings. The monoisotopic (exact) mass is 368 g/mol. The third-order valence-corrected chi connectivity index (χ3v) is 3.65. The van der Waals surface area contributed by atoms with Crippen molar-refractivity contribution in [1.29, 1.82) is 0 Å². The summed E-state index contributed by atoms with van der Waals surface area (Å²) < 4.78 is 9.88. The minimum absolute atomic E-state index is 0.00511. The first-order valence-corrected chi connectivity index (χ1v) is 8.11. The molecule has 0 saturated heterocycles. The number of ketones is 1. The van der Waals surface area contributed by atoms with Crippen LogP contribution in [0.2, 0.25) is 0 Å². The van der Waals surface area contributed by atoms with Crippen LogP contribution < -0.4 is 4.74 Å². The summed E-state index contributed by atoms with van der Waals surface area (Å²) in [5.74, 6) is -0.549. The van der Waals surface area contributed by atoms with Crippen molar-refractivity contribution in [3.05, 3.63) is 65.2 Å². The van der Waals surface area contributed by atoms with Crippen LogP contribution in [-0.2, 0) is 14.3 Å². The molecule has 0 spiro atoms. The van der Waals surface area contributed by atoms with E-state index in [9.17, 15) is 19.8 Å². The van der Waals surface area contributed by atoms with Gasteiger partial charge >= 0.3 is 5.97 Å². The van der Waals surface area contributed by atoms with E-state index in [1.54, 1.807) is 31.2 Å². The number of methoxy groups -OCH3 is 1. The highest BCUT2D eigenvalue weighted by Crippen LogP contribution is 2.26. The Kier molecular flexibility index (Phi) is 6.77. The van der Waals surface area contributed by atoms with Crippen molar-refractivity contribution in [1.82, 2.24) is 0 Å². The smallest absolute Gasteiger partial charge is 0.331 e. The van der Waals surface area contributed by atoms with Crippen molar-refractivity contribution in [3.63, 3.8) is 0 Å². The Morgan fingerprint density at radius 3 is 2.26 bits per heavy atom. The van der Waals surface area contributed by atoms with E-state index in [-0.39, 0.29) is 23.9 Å². The molecule has 2 rings (SSSR count). The summed E-state index contributed by atoms with van der Waals surface area (Å²) in [6.45, 7) is 1.36. The molecule has 0 atom stereocenters. The largest absolute Gasteiger partial charge is 0.508 e. The van der Waals surface area contributed by atoms with Gasteiger partial charge in [-0.3, -0.25) is 4.79 Å². The third kappa shape index (κ3) is 6.04. The quantitative estimate of drug-likeness (QED) is 0.576. The Labute approximate surface area is 157 Å². The fraction of sp³-hybridized carbons (Fsp3) is 0.143. The number of carbonyl (C=O) groups is 2. The first-order chi connectivity index (χ1) is 12.9. The minimum atomic E-state index is -0.645. The predicted octanol–water partition coefficient (Wildman–Crippen LogP) is 3.25. The van der Waals surface area contributed by atoms with Crippen LogP contribution in [0.4, 0.5) is 0 Å². The number of rotatable bonds is 7. The lowest BCUT2D eigenvalue weighted by Gasteiger charge is -2.03. The number of ether oxygens (including phenoxy) is 2. The number of esters is 1. The lowest BCUT2D eigenvalue weighted by atomic mass is 10.1. The molecule has 0 aromatic heterocycles. The Bertz CT molecular complexity index is 896. The second-order valence-corrected chi connectivity index (χ2v) is 5.72. The van der Waals surface area contributed by atoms with Crippen LogP contribution in [0.3, 0.4) is 0 Å². The zero-order valence-corrected chi connectivity index (χ0v) is 15.0. The molecule has 0 fully saturated rings. The Balaban J connectivity index is 1.86. The first kappa shape index (κ1) is 19.8. The molecule has 0 heterocycles. The van der Waals surface area contributed by atoms with Crippen molar-refractivity contribution in [2.24, 2.45) is 0 Å². The molecule has 27 heavy (non-hydrogen) atoms. The van der Waals surface area contributed by atoms with Crippen LogP contribution in [0.1, 0.15) is 16.7 Å². The average Bonchev–Trinajstić information content (AvgIpc) is 2.66. The van der Waals surface area contributed by atoms with E-state index in [2.05, 4.69) is 0 Å². The molecule has 0 unspecified atom stereocenters. The van der Waals surface area contributed by atoms with Crippen LogP contribution in [0.25, 0.3) is 12.2 Å².